The van der Waals surface area contributed by atoms with Crippen LogP contribution in [0.1, 0.15) is 0 Å². The van der Waals surface area contributed by atoms with Gasteiger partial charge in [-0.05, 0) is 96.1 Å². The van der Waals surface area contributed by atoms with E-state index in [-0.39, 0.29) is 0 Å². The Morgan fingerprint density at radius 2 is 0.827 bits per heavy atom. The summed E-state index contributed by atoms with van der Waals surface area (Å²) in [7, 11) is 0. The molecule has 0 aliphatic carbocycles. The first-order valence-electron chi connectivity index (χ1n) is 17.5. The molecule has 0 saturated carbocycles. The summed E-state index contributed by atoms with van der Waals surface area (Å²) in [6.07, 6.45) is 0. The molecule has 8 aromatic carbocycles. The molecule has 0 amide bonds. The summed E-state index contributed by atoms with van der Waals surface area (Å²) in [4.78, 5) is 4.78. The number of thiophene rings is 2. The maximum atomic E-state index is 2.43. The normalized spacial score (nSPS) is 11.5. The van der Waals surface area contributed by atoms with Crippen LogP contribution in [0.15, 0.2) is 194 Å². The first-order chi connectivity index (χ1) is 25.8. The Labute approximate surface area is 310 Å². The smallest absolute Gasteiger partial charge is 0.0554 e. The highest BCUT2D eigenvalue weighted by molar-refractivity contribution is 7.26. The predicted molar refractivity (Wildman–Crippen MR) is 227 cm³/mol. The Morgan fingerprint density at radius 3 is 1.60 bits per heavy atom. The zero-order valence-corrected chi connectivity index (χ0v) is 29.8. The van der Waals surface area contributed by atoms with E-state index in [0.29, 0.717) is 0 Å². The molecule has 0 radical (unpaired) electrons. The fraction of sp³-hybridized carbons (Fsp3) is 0. The molecular formula is C48H32N2S2. The molecule has 246 valence electrons. The van der Waals surface area contributed by atoms with E-state index in [1.165, 1.54) is 57.2 Å². The van der Waals surface area contributed by atoms with Crippen LogP contribution in [-0.4, -0.2) is 0 Å². The van der Waals surface area contributed by atoms with Crippen molar-refractivity contribution in [3.8, 4) is 11.1 Å². The van der Waals surface area contributed by atoms with Gasteiger partial charge in [0.1, 0.15) is 0 Å². The van der Waals surface area contributed by atoms with Gasteiger partial charge in [-0.25, -0.2) is 0 Å². The molecule has 2 heterocycles. The molecule has 0 saturated heterocycles. The minimum atomic E-state index is 1.13. The topological polar surface area (TPSA) is 6.48 Å². The lowest BCUT2D eigenvalue weighted by Gasteiger charge is -2.26. The van der Waals surface area contributed by atoms with Gasteiger partial charge >= 0.3 is 0 Å². The van der Waals surface area contributed by atoms with Crippen LogP contribution in [0.4, 0.5) is 34.1 Å². The van der Waals surface area contributed by atoms with E-state index < -0.39 is 0 Å². The summed E-state index contributed by atoms with van der Waals surface area (Å²) in [6.45, 7) is 0. The van der Waals surface area contributed by atoms with E-state index in [4.69, 9.17) is 0 Å². The van der Waals surface area contributed by atoms with E-state index in [9.17, 15) is 0 Å². The number of hydrogen-bond acceptors (Lipinski definition) is 4. The van der Waals surface area contributed by atoms with Crippen LogP contribution >= 0.6 is 22.7 Å². The summed E-state index contributed by atoms with van der Waals surface area (Å²) in [6, 6.07) is 70.2. The average molecular weight is 701 g/mol. The number of fused-ring (bicyclic) bond motifs is 6. The maximum absolute atomic E-state index is 2.43. The second-order valence-corrected chi connectivity index (χ2v) is 15.1. The molecule has 0 unspecified atom stereocenters. The van der Waals surface area contributed by atoms with Crippen molar-refractivity contribution in [2.45, 2.75) is 0 Å². The molecule has 4 heteroatoms. The van der Waals surface area contributed by atoms with Crippen molar-refractivity contribution >= 4 is 97.1 Å². The quantitative estimate of drug-likeness (QED) is 0.163. The minimum absolute atomic E-state index is 1.13. The van der Waals surface area contributed by atoms with Crippen LogP contribution in [0.25, 0.3) is 51.5 Å². The van der Waals surface area contributed by atoms with Gasteiger partial charge in [0, 0.05) is 68.8 Å². The fourth-order valence-electron chi connectivity index (χ4n) is 7.44. The van der Waals surface area contributed by atoms with Gasteiger partial charge in [-0.3, -0.25) is 0 Å². The highest BCUT2D eigenvalue weighted by Gasteiger charge is 2.20. The Morgan fingerprint density at radius 1 is 0.288 bits per heavy atom. The lowest BCUT2D eigenvalue weighted by molar-refractivity contribution is 1.29. The number of benzene rings is 8. The first-order valence-corrected chi connectivity index (χ1v) is 19.1. The molecule has 10 rings (SSSR count). The van der Waals surface area contributed by atoms with E-state index in [1.807, 2.05) is 22.7 Å². The molecule has 0 spiro atoms. The van der Waals surface area contributed by atoms with E-state index in [0.717, 1.165) is 28.4 Å². The van der Waals surface area contributed by atoms with Crippen molar-refractivity contribution in [1.29, 1.82) is 0 Å². The average Bonchev–Trinajstić information content (AvgIpc) is 3.78. The third-order valence-electron chi connectivity index (χ3n) is 9.84. The maximum Gasteiger partial charge on any atom is 0.0554 e. The Kier molecular flexibility index (Phi) is 7.56. The van der Waals surface area contributed by atoms with Crippen molar-refractivity contribution < 1.29 is 0 Å². The summed E-state index contributed by atoms with van der Waals surface area (Å²) in [5, 5.41) is 5.13. The largest absolute Gasteiger partial charge is 0.310 e. The number of anilines is 6. The molecule has 2 nitrogen and oxygen atoms in total. The van der Waals surface area contributed by atoms with Gasteiger partial charge in [-0.2, -0.15) is 0 Å². The molecule has 0 N–H and O–H groups in total. The van der Waals surface area contributed by atoms with E-state index in [1.54, 1.807) is 0 Å². The Balaban J connectivity index is 1.10. The van der Waals surface area contributed by atoms with Crippen molar-refractivity contribution in [2.75, 3.05) is 9.80 Å². The molecule has 0 fully saturated rings. The van der Waals surface area contributed by atoms with E-state index >= 15 is 0 Å². The van der Waals surface area contributed by atoms with Gasteiger partial charge in [0.25, 0.3) is 0 Å². The van der Waals surface area contributed by atoms with Gasteiger partial charge in [-0.15, -0.1) is 22.7 Å². The van der Waals surface area contributed by atoms with Crippen LogP contribution in [0.2, 0.25) is 0 Å². The van der Waals surface area contributed by atoms with Gasteiger partial charge in [0.05, 0.1) is 5.69 Å². The summed E-state index contributed by atoms with van der Waals surface area (Å²) >= 11 is 3.72. The molecule has 52 heavy (non-hydrogen) atoms. The highest BCUT2D eigenvalue weighted by atomic mass is 32.1. The third kappa shape index (κ3) is 5.32. The fourth-order valence-corrected chi connectivity index (χ4v) is 9.68. The van der Waals surface area contributed by atoms with Crippen molar-refractivity contribution in [3.05, 3.63) is 194 Å². The van der Waals surface area contributed by atoms with Gasteiger partial charge in [0.15, 0.2) is 0 Å². The lowest BCUT2D eigenvalue weighted by atomic mass is 10.0. The van der Waals surface area contributed by atoms with Crippen LogP contribution in [0, 0.1) is 0 Å². The zero-order chi connectivity index (χ0) is 34.4. The standard InChI is InChI=1S/C48H32N2S2/c1-4-13-33(14-5-1)34-23-25-37(26-24-34)49(35-15-6-2-7-16-35)39-27-29-40-42-31-38(28-30-45(42)52-47(40)32-39)50(36-17-8-3-9-18-36)43-20-12-22-46-48(43)41-19-10-11-21-44(41)51-46/h1-32H. The zero-order valence-electron chi connectivity index (χ0n) is 28.2. The molecule has 2 aromatic heterocycles. The third-order valence-corrected chi connectivity index (χ3v) is 12.1. The molecule has 0 aliphatic rings. The van der Waals surface area contributed by atoms with Crippen LogP contribution < -0.4 is 9.80 Å². The Bertz CT molecular complexity index is 2840. The predicted octanol–water partition coefficient (Wildman–Crippen LogP) is 15.0. The molecular weight excluding hydrogens is 669 g/mol. The monoisotopic (exact) mass is 700 g/mol. The Hall–Kier alpha value is -6.20. The van der Waals surface area contributed by atoms with Gasteiger partial charge in [-0.1, -0.05) is 109 Å². The molecule has 0 atom stereocenters. The summed E-state index contributed by atoms with van der Waals surface area (Å²) in [5.41, 5.74) is 9.31. The number of para-hydroxylation sites is 2. The minimum Gasteiger partial charge on any atom is -0.310 e. The van der Waals surface area contributed by atoms with E-state index in [2.05, 4.69) is 204 Å². The summed E-state index contributed by atoms with van der Waals surface area (Å²) in [5.74, 6) is 0. The molecule has 10 aromatic rings. The van der Waals surface area contributed by atoms with Crippen molar-refractivity contribution in [2.24, 2.45) is 0 Å². The van der Waals surface area contributed by atoms with Crippen LogP contribution in [0.5, 0.6) is 0 Å². The van der Waals surface area contributed by atoms with Crippen molar-refractivity contribution in [1.82, 2.24) is 0 Å². The second-order valence-electron chi connectivity index (χ2n) is 13.0. The second kappa shape index (κ2) is 12.8. The lowest BCUT2D eigenvalue weighted by Crippen LogP contribution is -2.10. The van der Waals surface area contributed by atoms with Crippen LogP contribution in [-0.2, 0) is 0 Å². The number of hydrogen-bond donors (Lipinski definition) is 0. The van der Waals surface area contributed by atoms with Crippen molar-refractivity contribution in [3.63, 3.8) is 0 Å². The first kappa shape index (κ1) is 30.6. The van der Waals surface area contributed by atoms with Crippen LogP contribution in [0.3, 0.4) is 0 Å². The molecule has 0 bridgehead atoms. The number of rotatable bonds is 7. The van der Waals surface area contributed by atoms with Gasteiger partial charge < -0.3 is 9.80 Å². The molecule has 0 aliphatic heterocycles. The summed E-state index contributed by atoms with van der Waals surface area (Å²) < 4.78 is 5.15. The SMILES string of the molecule is c1ccc(-c2ccc(N(c3ccccc3)c3ccc4c(c3)sc3ccc(N(c5ccccc5)c5cccc6sc7ccccc7c56)cc34)cc2)cc1. The van der Waals surface area contributed by atoms with Gasteiger partial charge in [0.2, 0.25) is 0 Å². The highest BCUT2D eigenvalue weighted by Crippen LogP contribution is 2.47. The number of nitrogens with zero attached hydrogens (tertiary/aromatic N) is 2.